The molecule has 8 heteroatoms. The lowest BCUT2D eigenvalue weighted by molar-refractivity contribution is -0.133. The molecule has 0 saturated carbocycles. The lowest BCUT2D eigenvalue weighted by atomic mass is 9.71. The van der Waals surface area contributed by atoms with Crippen molar-refractivity contribution in [3.63, 3.8) is 0 Å². The predicted octanol–water partition coefficient (Wildman–Crippen LogP) is 2.34. The highest BCUT2D eigenvalue weighted by Crippen LogP contribution is 2.44. The third kappa shape index (κ3) is 4.23. The van der Waals surface area contributed by atoms with Gasteiger partial charge in [-0.3, -0.25) is 14.7 Å². The molecule has 2 atom stereocenters. The molecule has 8 nitrogen and oxygen atoms in total. The van der Waals surface area contributed by atoms with Gasteiger partial charge < -0.3 is 14.5 Å². The molecule has 1 aromatic heterocycles. The van der Waals surface area contributed by atoms with Crippen molar-refractivity contribution in [2.75, 3.05) is 32.8 Å². The molecule has 2 aromatic rings. The monoisotopic (exact) mass is 439 g/mol. The fourth-order valence-electron chi connectivity index (χ4n) is 5.03. The zero-order valence-electron chi connectivity index (χ0n) is 19.4. The molecule has 0 bridgehead atoms. The summed E-state index contributed by atoms with van der Waals surface area (Å²) in [4.78, 5) is 34.4. The number of ether oxygens (including phenoxy) is 1. The summed E-state index contributed by atoms with van der Waals surface area (Å²) < 4.78 is 5.49. The van der Waals surface area contributed by atoms with Crippen molar-refractivity contribution in [3.05, 3.63) is 41.5 Å². The average Bonchev–Trinajstić information content (AvgIpc) is 3.38. The van der Waals surface area contributed by atoms with Crippen molar-refractivity contribution in [2.45, 2.75) is 46.0 Å². The number of hydrogen-bond acceptors (Lipinski definition) is 5. The largest absolute Gasteiger partial charge is 0.494 e. The van der Waals surface area contributed by atoms with Gasteiger partial charge >= 0.3 is 0 Å². The van der Waals surface area contributed by atoms with E-state index in [4.69, 9.17) is 4.74 Å². The van der Waals surface area contributed by atoms with E-state index in [1.165, 1.54) is 0 Å². The Labute approximate surface area is 189 Å². The van der Waals surface area contributed by atoms with E-state index in [1.54, 1.807) is 0 Å². The van der Waals surface area contributed by atoms with Gasteiger partial charge in [-0.1, -0.05) is 26.0 Å². The molecule has 2 aliphatic heterocycles. The standard InChI is InChI=1S/C24H33N5O3/c1-5-32-20-8-6-18(7-9-20)12-21(30)28-11-10-24(23-25-17(4)26-27-23)15-29(14-19(24)13-28)22(31)16(2)3/h6-9,16,19H,5,10-15H2,1-4H3,(H,25,26,27)/t19-,24-/m1/s1. The van der Waals surface area contributed by atoms with Crippen LogP contribution in [0.2, 0.25) is 0 Å². The number of nitrogens with one attached hydrogen (secondary N) is 1. The first-order valence-corrected chi connectivity index (χ1v) is 11.5. The van der Waals surface area contributed by atoms with Crippen LogP contribution >= 0.6 is 0 Å². The number of aromatic amines is 1. The smallest absolute Gasteiger partial charge is 0.227 e. The second-order valence-corrected chi connectivity index (χ2v) is 9.31. The molecule has 32 heavy (non-hydrogen) atoms. The lowest BCUT2D eigenvalue weighted by Gasteiger charge is -2.41. The quantitative estimate of drug-likeness (QED) is 0.746. The van der Waals surface area contributed by atoms with E-state index >= 15 is 0 Å². The van der Waals surface area contributed by atoms with E-state index in [0.29, 0.717) is 39.2 Å². The number of fused-ring (bicyclic) bond motifs is 1. The van der Waals surface area contributed by atoms with Crippen LogP contribution in [0.3, 0.4) is 0 Å². The van der Waals surface area contributed by atoms with Crippen LogP contribution in [0.25, 0.3) is 0 Å². The van der Waals surface area contributed by atoms with E-state index in [9.17, 15) is 9.59 Å². The molecule has 1 N–H and O–H groups in total. The summed E-state index contributed by atoms with van der Waals surface area (Å²) >= 11 is 0. The number of carbonyl (C=O) groups is 2. The van der Waals surface area contributed by atoms with E-state index in [-0.39, 0.29) is 29.1 Å². The number of carbonyl (C=O) groups excluding carboxylic acids is 2. The van der Waals surface area contributed by atoms with Crippen LogP contribution in [0.5, 0.6) is 5.75 Å². The maximum atomic E-state index is 13.1. The second-order valence-electron chi connectivity index (χ2n) is 9.31. The van der Waals surface area contributed by atoms with Gasteiger partial charge in [-0.05, 0) is 38.0 Å². The Morgan fingerprint density at radius 1 is 1.22 bits per heavy atom. The third-order valence-corrected chi connectivity index (χ3v) is 6.75. The SMILES string of the molecule is CCOc1ccc(CC(=O)N2CC[C@@]3(c4n[nH]c(C)n4)CN(C(=O)C(C)C)C[C@H]3C2)cc1. The van der Waals surface area contributed by atoms with Gasteiger partial charge in [0.2, 0.25) is 11.8 Å². The minimum atomic E-state index is -0.300. The number of rotatable bonds is 6. The number of H-pyrrole nitrogens is 1. The van der Waals surface area contributed by atoms with Gasteiger partial charge in [-0.2, -0.15) is 5.10 Å². The summed E-state index contributed by atoms with van der Waals surface area (Å²) in [6.07, 6.45) is 1.12. The number of nitrogens with zero attached hydrogens (tertiary/aromatic N) is 4. The number of benzene rings is 1. The molecule has 172 valence electrons. The Morgan fingerprint density at radius 3 is 2.56 bits per heavy atom. The van der Waals surface area contributed by atoms with E-state index in [0.717, 1.165) is 29.4 Å². The van der Waals surface area contributed by atoms with Crippen molar-refractivity contribution in [1.29, 1.82) is 0 Å². The Bertz CT molecular complexity index is 970. The highest BCUT2D eigenvalue weighted by Gasteiger charge is 2.54. The van der Waals surface area contributed by atoms with Crippen LogP contribution in [0.1, 0.15) is 44.4 Å². The number of hydrogen-bond donors (Lipinski definition) is 1. The summed E-state index contributed by atoms with van der Waals surface area (Å²) in [5, 5.41) is 7.45. The first-order valence-electron chi connectivity index (χ1n) is 11.5. The Morgan fingerprint density at radius 2 is 1.94 bits per heavy atom. The van der Waals surface area contributed by atoms with Crippen molar-refractivity contribution >= 4 is 11.8 Å². The fourth-order valence-corrected chi connectivity index (χ4v) is 5.03. The Balaban J connectivity index is 1.50. The van der Waals surface area contributed by atoms with Gasteiger partial charge in [-0.15, -0.1) is 0 Å². The number of aryl methyl sites for hydroxylation is 1. The van der Waals surface area contributed by atoms with Gasteiger partial charge in [0.1, 0.15) is 11.6 Å². The number of piperidine rings is 1. The maximum absolute atomic E-state index is 13.1. The van der Waals surface area contributed by atoms with Crippen LogP contribution < -0.4 is 4.74 Å². The van der Waals surface area contributed by atoms with Crippen LogP contribution in [0.15, 0.2) is 24.3 Å². The average molecular weight is 440 g/mol. The zero-order chi connectivity index (χ0) is 22.9. The highest BCUT2D eigenvalue weighted by atomic mass is 16.5. The minimum Gasteiger partial charge on any atom is -0.494 e. The molecule has 2 saturated heterocycles. The van der Waals surface area contributed by atoms with Crippen LogP contribution in [-0.2, 0) is 21.4 Å². The topological polar surface area (TPSA) is 91.4 Å². The first-order chi connectivity index (χ1) is 15.3. The minimum absolute atomic E-state index is 0.0570. The predicted molar refractivity (Wildman–Crippen MR) is 120 cm³/mol. The summed E-state index contributed by atoms with van der Waals surface area (Å²) in [6, 6.07) is 7.72. The van der Waals surface area contributed by atoms with Crippen LogP contribution in [0, 0.1) is 18.8 Å². The first kappa shape index (κ1) is 22.3. The molecule has 2 amide bonds. The second kappa shape index (κ2) is 8.92. The van der Waals surface area contributed by atoms with Crippen LogP contribution in [0.4, 0.5) is 0 Å². The Kier molecular flexibility index (Phi) is 6.22. The van der Waals surface area contributed by atoms with Crippen molar-refractivity contribution in [2.24, 2.45) is 11.8 Å². The molecule has 4 rings (SSSR count). The molecule has 3 heterocycles. The van der Waals surface area contributed by atoms with Gasteiger partial charge in [0, 0.05) is 38.0 Å². The van der Waals surface area contributed by atoms with Crippen molar-refractivity contribution < 1.29 is 14.3 Å². The Hall–Kier alpha value is -2.90. The molecule has 0 radical (unpaired) electrons. The lowest BCUT2D eigenvalue weighted by Crippen LogP contribution is -2.52. The third-order valence-electron chi connectivity index (χ3n) is 6.75. The van der Waals surface area contributed by atoms with Crippen molar-refractivity contribution in [1.82, 2.24) is 25.0 Å². The normalized spacial score (nSPS) is 22.8. The van der Waals surface area contributed by atoms with E-state index in [2.05, 4.69) is 15.2 Å². The summed E-state index contributed by atoms with van der Waals surface area (Å²) in [5.74, 6) is 2.69. The van der Waals surface area contributed by atoms with Gasteiger partial charge in [0.05, 0.1) is 18.4 Å². The molecular weight excluding hydrogens is 406 g/mol. The number of aromatic nitrogens is 3. The van der Waals surface area contributed by atoms with Gasteiger partial charge in [0.25, 0.3) is 0 Å². The summed E-state index contributed by atoms with van der Waals surface area (Å²) in [5.41, 5.74) is 0.675. The van der Waals surface area contributed by atoms with Gasteiger partial charge in [0.15, 0.2) is 5.82 Å². The maximum Gasteiger partial charge on any atom is 0.227 e. The summed E-state index contributed by atoms with van der Waals surface area (Å²) in [7, 11) is 0. The molecule has 0 aliphatic carbocycles. The molecule has 2 fully saturated rings. The van der Waals surface area contributed by atoms with E-state index < -0.39 is 0 Å². The molecule has 1 aromatic carbocycles. The van der Waals surface area contributed by atoms with Crippen LogP contribution in [-0.4, -0.2) is 69.6 Å². The summed E-state index contributed by atoms with van der Waals surface area (Å²) in [6.45, 7) is 10.8. The molecule has 0 spiro atoms. The highest BCUT2D eigenvalue weighted by molar-refractivity contribution is 5.80. The molecule has 2 aliphatic rings. The molecule has 0 unspecified atom stereocenters. The number of likely N-dealkylation sites (tertiary alicyclic amines) is 2. The van der Waals surface area contributed by atoms with Crippen molar-refractivity contribution in [3.8, 4) is 5.75 Å². The zero-order valence-corrected chi connectivity index (χ0v) is 19.4. The number of amides is 2. The van der Waals surface area contributed by atoms with E-state index in [1.807, 2.05) is 61.8 Å². The molecular formula is C24H33N5O3. The fraction of sp³-hybridized carbons (Fsp3) is 0.583. The van der Waals surface area contributed by atoms with Gasteiger partial charge in [-0.25, -0.2) is 4.98 Å².